The minimum atomic E-state index is -2.53. The molecular formula is C23H29F2N5. The molecule has 1 aliphatic rings. The number of hydrogen-bond acceptors (Lipinski definition) is 4. The van der Waals surface area contributed by atoms with E-state index in [2.05, 4.69) is 28.8 Å². The largest absolute Gasteiger partial charge is 0.399 e. The number of nitrogens with one attached hydrogen (secondary N) is 1. The predicted octanol–water partition coefficient (Wildman–Crippen LogP) is 5.58. The van der Waals surface area contributed by atoms with Gasteiger partial charge in [-0.2, -0.15) is 0 Å². The first-order valence-electron chi connectivity index (χ1n) is 10.2. The third kappa shape index (κ3) is 5.55. The highest BCUT2D eigenvalue weighted by Crippen LogP contribution is 2.27. The van der Waals surface area contributed by atoms with E-state index in [1.807, 2.05) is 31.2 Å². The summed E-state index contributed by atoms with van der Waals surface area (Å²) < 4.78 is 27.2. The molecule has 0 atom stereocenters. The Morgan fingerprint density at radius 1 is 1.20 bits per heavy atom. The van der Waals surface area contributed by atoms with Crippen molar-refractivity contribution in [2.45, 2.75) is 52.0 Å². The fourth-order valence-electron chi connectivity index (χ4n) is 3.52. The van der Waals surface area contributed by atoms with Crippen LogP contribution in [0.15, 0.2) is 49.3 Å². The second-order valence-corrected chi connectivity index (χ2v) is 7.92. The molecule has 160 valence electrons. The summed E-state index contributed by atoms with van der Waals surface area (Å²) >= 11 is 0. The molecule has 0 bridgehead atoms. The molecule has 3 aromatic heterocycles. The molecule has 4 rings (SSSR count). The van der Waals surface area contributed by atoms with Gasteiger partial charge in [0.1, 0.15) is 17.2 Å². The second kappa shape index (κ2) is 9.69. The minimum Gasteiger partial charge on any atom is -0.399 e. The molecule has 0 spiro atoms. The molecule has 0 unspecified atom stereocenters. The van der Waals surface area contributed by atoms with E-state index in [1.165, 1.54) is 19.0 Å². The summed E-state index contributed by atoms with van der Waals surface area (Å²) in [6.45, 7) is 7.81. The molecule has 5 nitrogen and oxygen atoms in total. The number of nitrogens with zero attached hydrogens (tertiary/aromatic N) is 3. The standard InChI is InChI=1S/C15H19F2N3.C8H10N2/c1-10-5-7-11(8-6-10)18-13-3-2-4-14-19-12(15(16)17)9-20(13)14;1-6-3-4-8(5-10-6)7(2)9/h2-4,9-11,15,18H,5-8H2,1H3;3-5H,2,9H2,1H3. The number of aromatic nitrogens is 3. The van der Waals surface area contributed by atoms with Gasteiger partial charge in [-0.1, -0.05) is 19.6 Å². The molecule has 3 heterocycles. The van der Waals surface area contributed by atoms with E-state index in [-0.39, 0.29) is 5.69 Å². The van der Waals surface area contributed by atoms with Gasteiger partial charge in [-0.25, -0.2) is 13.8 Å². The molecule has 1 fully saturated rings. The highest BCUT2D eigenvalue weighted by atomic mass is 19.3. The normalized spacial score (nSPS) is 18.7. The van der Waals surface area contributed by atoms with E-state index in [1.54, 1.807) is 16.7 Å². The summed E-state index contributed by atoms with van der Waals surface area (Å²) in [6.07, 6.45) is 5.32. The molecule has 0 aliphatic heterocycles. The van der Waals surface area contributed by atoms with Crippen LogP contribution in [0.1, 0.15) is 56.0 Å². The maximum atomic E-state index is 12.7. The van der Waals surface area contributed by atoms with Crippen molar-refractivity contribution in [1.82, 2.24) is 14.4 Å². The van der Waals surface area contributed by atoms with Crippen LogP contribution in [0, 0.1) is 12.8 Å². The zero-order chi connectivity index (χ0) is 21.7. The predicted molar refractivity (Wildman–Crippen MR) is 117 cm³/mol. The van der Waals surface area contributed by atoms with E-state index in [0.717, 1.165) is 35.8 Å². The fraction of sp³-hybridized carbons (Fsp3) is 0.391. The number of halogens is 2. The number of imidazole rings is 1. The molecule has 3 N–H and O–H groups in total. The lowest BCUT2D eigenvalue weighted by molar-refractivity contribution is 0.147. The summed E-state index contributed by atoms with van der Waals surface area (Å²) in [7, 11) is 0. The Bertz CT molecular complexity index is 973. The molecule has 0 aromatic carbocycles. The molecule has 0 saturated heterocycles. The number of nitrogens with two attached hydrogens (primary N) is 1. The average Bonchev–Trinajstić information content (AvgIpc) is 3.16. The number of hydrogen-bond donors (Lipinski definition) is 2. The van der Waals surface area contributed by atoms with Crippen molar-refractivity contribution in [3.63, 3.8) is 0 Å². The van der Waals surface area contributed by atoms with Gasteiger partial charge in [-0.15, -0.1) is 0 Å². The Labute approximate surface area is 176 Å². The van der Waals surface area contributed by atoms with Gasteiger partial charge in [0.25, 0.3) is 6.43 Å². The highest BCUT2D eigenvalue weighted by molar-refractivity contribution is 5.59. The van der Waals surface area contributed by atoms with Crippen LogP contribution in [0.3, 0.4) is 0 Å². The Morgan fingerprint density at radius 2 is 1.93 bits per heavy atom. The molecule has 0 amide bonds. The van der Waals surface area contributed by atoms with Gasteiger partial charge in [0.05, 0.1) is 0 Å². The fourth-order valence-corrected chi connectivity index (χ4v) is 3.52. The lowest BCUT2D eigenvalue weighted by Crippen LogP contribution is -2.26. The summed E-state index contributed by atoms with van der Waals surface area (Å²) in [6, 6.07) is 9.76. The first-order valence-corrected chi connectivity index (χ1v) is 10.2. The molecule has 3 aromatic rings. The van der Waals surface area contributed by atoms with Gasteiger partial charge in [-0.05, 0) is 62.8 Å². The maximum absolute atomic E-state index is 12.7. The maximum Gasteiger partial charge on any atom is 0.281 e. The van der Waals surface area contributed by atoms with Crippen LogP contribution in [0.25, 0.3) is 11.3 Å². The summed E-state index contributed by atoms with van der Waals surface area (Å²) in [5.41, 5.74) is 8.27. The van der Waals surface area contributed by atoms with Crippen LogP contribution in [-0.2, 0) is 0 Å². The number of alkyl halides is 2. The topological polar surface area (TPSA) is 68.2 Å². The first kappa shape index (κ1) is 21.7. The van der Waals surface area contributed by atoms with Crippen LogP contribution in [0.5, 0.6) is 0 Å². The van der Waals surface area contributed by atoms with Crippen LogP contribution in [-0.4, -0.2) is 20.4 Å². The Balaban J connectivity index is 0.000000216. The number of pyridine rings is 2. The highest BCUT2D eigenvalue weighted by Gasteiger charge is 2.19. The average molecular weight is 414 g/mol. The first-order chi connectivity index (χ1) is 14.3. The molecule has 1 aliphatic carbocycles. The van der Waals surface area contributed by atoms with E-state index >= 15 is 0 Å². The quantitative estimate of drug-likeness (QED) is 0.586. The lowest BCUT2D eigenvalue weighted by Gasteiger charge is -2.27. The van der Waals surface area contributed by atoms with Gasteiger partial charge < -0.3 is 11.1 Å². The van der Waals surface area contributed by atoms with E-state index in [9.17, 15) is 8.78 Å². The number of anilines is 1. The lowest BCUT2D eigenvalue weighted by atomic mass is 9.87. The van der Waals surface area contributed by atoms with Crippen LogP contribution in [0.4, 0.5) is 14.6 Å². The summed E-state index contributed by atoms with van der Waals surface area (Å²) in [4.78, 5) is 8.01. The van der Waals surface area contributed by atoms with Crippen molar-refractivity contribution < 1.29 is 8.78 Å². The van der Waals surface area contributed by atoms with E-state index < -0.39 is 6.43 Å². The second-order valence-electron chi connectivity index (χ2n) is 7.92. The van der Waals surface area contributed by atoms with Gasteiger partial charge in [0, 0.05) is 35.4 Å². The zero-order valence-corrected chi connectivity index (χ0v) is 17.5. The smallest absolute Gasteiger partial charge is 0.281 e. The van der Waals surface area contributed by atoms with Crippen molar-refractivity contribution in [3.8, 4) is 0 Å². The van der Waals surface area contributed by atoms with Crippen LogP contribution < -0.4 is 11.1 Å². The van der Waals surface area contributed by atoms with Gasteiger partial charge in [0.15, 0.2) is 0 Å². The van der Waals surface area contributed by atoms with Crippen molar-refractivity contribution in [3.05, 3.63) is 66.3 Å². The monoisotopic (exact) mass is 413 g/mol. The number of fused-ring (bicyclic) bond motifs is 1. The third-order valence-corrected chi connectivity index (χ3v) is 5.38. The molecule has 1 saturated carbocycles. The molecule has 0 radical (unpaired) electrons. The van der Waals surface area contributed by atoms with Crippen LogP contribution >= 0.6 is 0 Å². The Hall–Kier alpha value is -2.96. The van der Waals surface area contributed by atoms with Gasteiger partial charge in [-0.3, -0.25) is 9.38 Å². The number of rotatable bonds is 4. The van der Waals surface area contributed by atoms with Crippen LogP contribution in [0.2, 0.25) is 0 Å². The van der Waals surface area contributed by atoms with E-state index in [0.29, 0.717) is 17.4 Å². The number of aryl methyl sites for hydroxylation is 1. The van der Waals surface area contributed by atoms with Crippen molar-refractivity contribution in [2.75, 3.05) is 5.32 Å². The minimum absolute atomic E-state index is 0.170. The molecule has 30 heavy (non-hydrogen) atoms. The molecular weight excluding hydrogens is 384 g/mol. The Kier molecular flexibility index (Phi) is 7.03. The molecule has 7 heteroatoms. The summed E-state index contributed by atoms with van der Waals surface area (Å²) in [5.74, 6) is 1.64. The zero-order valence-electron chi connectivity index (χ0n) is 17.5. The third-order valence-electron chi connectivity index (χ3n) is 5.38. The SMILES string of the molecule is C=C(N)c1ccc(C)nc1.CC1CCC(Nc2cccc3nc(C(F)F)cn23)CC1. The van der Waals surface area contributed by atoms with Crippen molar-refractivity contribution >= 4 is 17.2 Å². The van der Waals surface area contributed by atoms with Crippen molar-refractivity contribution in [1.29, 1.82) is 0 Å². The van der Waals surface area contributed by atoms with Crippen molar-refractivity contribution in [2.24, 2.45) is 11.7 Å². The summed E-state index contributed by atoms with van der Waals surface area (Å²) in [5, 5.41) is 3.47. The van der Waals surface area contributed by atoms with Gasteiger partial charge in [0.2, 0.25) is 0 Å². The van der Waals surface area contributed by atoms with E-state index in [4.69, 9.17) is 5.73 Å². The Morgan fingerprint density at radius 3 is 2.53 bits per heavy atom. The van der Waals surface area contributed by atoms with Gasteiger partial charge >= 0.3 is 0 Å².